The van der Waals surface area contributed by atoms with Crippen LogP contribution in [0.4, 0.5) is 48.2 Å². The van der Waals surface area contributed by atoms with E-state index in [1.807, 2.05) is 0 Å². The molecule has 1 N–H and O–H groups in total. The maximum Gasteiger partial charge on any atom is 0.419 e. The standard InChI is InChI=1S/C25H19F6N3O2/c1-24(2)22(35)34(16-8-9-18(27)17(12-16)25(29,30)31)23(36)33(24)13-14-5-3-4-6-20(14)32-21-10-7-15(26)11-19(21)28/h3-12,32H,13H2,1-2H3. The van der Waals surface area contributed by atoms with E-state index in [9.17, 15) is 35.9 Å². The summed E-state index contributed by atoms with van der Waals surface area (Å²) in [7, 11) is 0. The Balaban J connectivity index is 1.67. The predicted molar refractivity (Wildman–Crippen MR) is 120 cm³/mol. The molecule has 0 atom stereocenters. The van der Waals surface area contributed by atoms with Crippen molar-refractivity contribution < 1.29 is 35.9 Å². The molecule has 3 aromatic carbocycles. The van der Waals surface area contributed by atoms with Crippen molar-refractivity contribution >= 4 is 29.0 Å². The number of nitrogens with one attached hydrogen (secondary N) is 1. The summed E-state index contributed by atoms with van der Waals surface area (Å²) in [5.74, 6) is -3.94. The number of urea groups is 1. The molecule has 188 valence electrons. The van der Waals surface area contributed by atoms with E-state index in [-0.39, 0.29) is 12.2 Å². The SMILES string of the molecule is CC1(C)C(=O)N(c2ccc(F)c(C(F)(F)F)c2)C(=O)N1Cc1ccccc1Nc1ccc(F)cc1F. The van der Waals surface area contributed by atoms with Crippen LogP contribution in [0.5, 0.6) is 0 Å². The number of nitrogens with zero attached hydrogens (tertiary/aromatic N) is 2. The van der Waals surface area contributed by atoms with Crippen LogP contribution in [0.3, 0.4) is 0 Å². The van der Waals surface area contributed by atoms with Crippen LogP contribution in [0.25, 0.3) is 0 Å². The van der Waals surface area contributed by atoms with E-state index >= 15 is 0 Å². The number of benzene rings is 3. The van der Waals surface area contributed by atoms with E-state index in [1.54, 1.807) is 24.3 Å². The topological polar surface area (TPSA) is 52.7 Å². The number of hydrogen-bond donors (Lipinski definition) is 1. The largest absolute Gasteiger partial charge is 0.419 e. The summed E-state index contributed by atoms with van der Waals surface area (Å²) in [5, 5.41) is 2.82. The van der Waals surface area contributed by atoms with Crippen LogP contribution in [-0.4, -0.2) is 22.4 Å². The lowest BCUT2D eigenvalue weighted by atomic mass is 10.0. The summed E-state index contributed by atoms with van der Waals surface area (Å²) in [5.41, 5.74) is -2.72. The highest BCUT2D eigenvalue weighted by atomic mass is 19.4. The molecule has 5 nitrogen and oxygen atoms in total. The fourth-order valence-corrected chi connectivity index (χ4v) is 3.88. The zero-order valence-electron chi connectivity index (χ0n) is 19.0. The molecule has 1 aliphatic rings. The fourth-order valence-electron chi connectivity index (χ4n) is 3.88. The highest BCUT2D eigenvalue weighted by Crippen LogP contribution is 2.38. The fraction of sp³-hybridized carbons (Fsp3) is 0.200. The molecule has 3 aromatic rings. The summed E-state index contributed by atoms with van der Waals surface area (Å²) < 4.78 is 80.8. The normalized spacial score (nSPS) is 15.6. The van der Waals surface area contributed by atoms with Crippen LogP contribution in [0.1, 0.15) is 25.0 Å². The number of anilines is 3. The number of halogens is 6. The van der Waals surface area contributed by atoms with Crippen LogP contribution in [0.2, 0.25) is 0 Å². The minimum Gasteiger partial charge on any atom is -0.353 e. The molecule has 3 amide bonds. The number of carbonyl (C=O) groups is 2. The molecule has 1 saturated heterocycles. The summed E-state index contributed by atoms with van der Waals surface area (Å²) in [6, 6.07) is 10.4. The summed E-state index contributed by atoms with van der Waals surface area (Å²) >= 11 is 0. The second-order valence-electron chi connectivity index (χ2n) is 8.64. The van der Waals surface area contributed by atoms with Crippen molar-refractivity contribution in [2.45, 2.75) is 32.1 Å². The van der Waals surface area contributed by atoms with Gasteiger partial charge in [-0.1, -0.05) is 18.2 Å². The average molecular weight is 507 g/mol. The van der Waals surface area contributed by atoms with Crippen LogP contribution in [0, 0.1) is 17.5 Å². The third-order valence-electron chi connectivity index (χ3n) is 5.88. The van der Waals surface area contributed by atoms with Crippen LogP contribution in [0.15, 0.2) is 60.7 Å². The van der Waals surface area contributed by atoms with E-state index in [0.717, 1.165) is 17.0 Å². The molecular formula is C25H19F6N3O2. The molecule has 36 heavy (non-hydrogen) atoms. The lowest BCUT2D eigenvalue weighted by Crippen LogP contribution is -2.43. The van der Waals surface area contributed by atoms with Crippen molar-refractivity contribution in [3.8, 4) is 0 Å². The molecule has 1 fully saturated rings. The number of para-hydroxylation sites is 1. The van der Waals surface area contributed by atoms with Gasteiger partial charge in [-0.2, -0.15) is 13.2 Å². The van der Waals surface area contributed by atoms with Crippen molar-refractivity contribution in [2.75, 3.05) is 10.2 Å². The quantitative estimate of drug-likeness (QED) is 0.312. The zero-order chi connectivity index (χ0) is 26.4. The van der Waals surface area contributed by atoms with Gasteiger partial charge in [-0.3, -0.25) is 4.79 Å². The Morgan fingerprint density at radius 2 is 1.56 bits per heavy atom. The summed E-state index contributed by atoms with van der Waals surface area (Å²) in [6.07, 6.45) is -5.03. The smallest absolute Gasteiger partial charge is 0.353 e. The molecule has 0 saturated carbocycles. The second-order valence-corrected chi connectivity index (χ2v) is 8.64. The molecule has 0 spiro atoms. The third kappa shape index (κ3) is 4.48. The number of rotatable bonds is 5. The number of hydrogen-bond acceptors (Lipinski definition) is 3. The Bertz CT molecular complexity index is 1360. The maximum atomic E-state index is 14.2. The Labute approximate surface area is 201 Å². The zero-order valence-corrected chi connectivity index (χ0v) is 19.0. The Morgan fingerprint density at radius 1 is 0.861 bits per heavy atom. The van der Waals surface area contributed by atoms with Crippen LogP contribution in [-0.2, 0) is 17.5 Å². The summed E-state index contributed by atoms with van der Waals surface area (Å²) in [6.45, 7) is 2.68. The molecule has 0 unspecified atom stereocenters. The number of imide groups is 1. The van der Waals surface area contributed by atoms with E-state index in [4.69, 9.17) is 0 Å². The first-order valence-electron chi connectivity index (χ1n) is 10.6. The van der Waals surface area contributed by atoms with Gasteiger partial charge in [0.15, 0.2) is 0 Å². The highest BCUT2D eigenvalue weighted by molar-refractivity contribution is 6.23. The number of alkyl halides is 3. The lowest BCUT2D eigenvalue weighted by molar-refractivity contribution is -0.140. The highest BCUT2D eigenvalue weighted by Gasteiger charge is 2.52. The average Bonchev–Trinajstić information content (AvgIpc) is 2.96. The predicted octanol–water partition coefficient (Wildman–Crippen LogP) is 6.61. The number of carbonyl (C=O) groups excluding carboxylic acids is 2. The van der Waals surface area contributed by atoms with Gasteiger partial charge in [0.05, 0.1) is 23.5 Å². The Kier molecular flexibility index (Phi) is 6.19. The molecule has 4 rings (SSSR count). The lowest BCUT2D eigenvalue weighted by Gasteiger charge is -2.28. The van der Waals surface area contributed by atoms with Crippen LogP contribution >= 0.6 is 0 Å². The molecule has 11 heteroatoms. The summed E-state index contributed by atoms with van der Waals surface area (Å²) in [4.78, 5) is 28.1. The van der Waals surface area contributed by atoms with E-state index in [2.05, 4.69) is 5.32 Å². The Hall–Kier alpha value is -4.02. The van der Waals surface area contributed by atoms with Crippen molar-refractivity contribution in [3.05, 3.63) is 89.2 Å². The van der Waals surface area contributed by atoms with Gasteiger partial charge in [-0.25, -0.2) is 22.9 Å². The van der Waals surface area contributed by atoms with Gasteiger partial charge in [0, 0.05) is 11.8 Å². The first kappa shape index (κ1) is 25.1. The molecule has 1 aliphatic heterocycles. The minimum atomic E-state index is -5.03. The van der Waals surface area contributed by atoms with Gasteiger partial charge in [0.2, 0.25) is 0 Å². The van der Waals surface area contributed by atoms with Crippen molar-refractivity contribution in [1.29, 1.82) is 0 Å². The van der Waals surface area contributed by atoms with Crippen LogP contribution < -0.4 is 10.2 Å². The monoisotopic (exact) mass is 507 g/mol. The van der Waals surface area contributed by atoms with Gasteiger partial charge >= 0.3 is 12.2 Å². The second kappa shape index (κ2) is 8.89. The molecule has 0 bridgehead atoms. The third-order valence-corrected chi connectivity index (χ3v) is 5.88. The maximum absolute atomic E-state index is 14.2. The van der Waals surface area contributed by atoms with Gasteiger partial charge in [0.25, 0.3) is 5.91 Å². The van der Waals surface area contributed by atoms with E-state index < -0.39 is 52.4 Å². The molecule has 1 heterocycles. The minimum absolute atomic E-state index is 0.0282. The first-order chi connectivity index (χ1) is 16.8. The van der Waals surface area contributed by atoms with Gasteiger partial charge < -0.3 is 10.2 Å². The first-order valence-corrected chi connectivity index (χ1v) is 10.6. The van der Waals surface area contributed by atoms with Gasteiger partial charge in [-0.15, -0.1) is 0 Å². The van der Waals surface area contributed by atoms with E-state index in [1.165, 1.54) is 19.9 Å². The van der Waals surface area contributed by atoms with E-state index in [0.29, 0.717) is 34.3 Å². The Morgan fingerprint density at radius 3 is 2.22 bits per heavy atom. The molecular weight excluding hydrogens is 488 g/mol. The number of amides is 3. The van der Waals surface area contributed by atoms with Crippen molar-refractivity contribution in [1.82, 2.24) is 4.90 Å². The molecule has 0 aromatic heterocycles. The van der Waals surface area contributed by atoms with Gasteiger partial charge in [0.1, 0.15) is 23.0 Å². The van der Waals surface area contributed by atoms with Crippen molar-refractivity contribution in [3.63, 3.8) is 0 Å². The van der Waals surface area contributed by atoms with Crippen molar-refractivity contribution in [2.24, 2.45) is 0 Å². The van der Waals surface area contributed by atoms with Gasteiger partial charge in [-0.05, 0) is 55.8 Å². The molecule has 0 radical (unpaired) electrons. The molecule has 0 aliphatic carbocycles.